The Morgan fingerprint density at radius 3 is 2.71 bits per heavy atom. The number of halogens is 2. The normalized spacial score (nSPS) is 16.8. The Hall–Kier alpha value is -4.16. The number of carbonyl (C=O) groups is 1. The SMILES string of the molecule is CCOCc1cccc(COCCNC(=O)N[C@@H]2CCC[C@H](Nc3nc(-c4c[nH]c5ncc(F)cc45)ncc3F)C2)c1. The van der Waals surface area contributed by atoms with Gasteiger partial charge in [0.25, 0.3) is 0 Å². The highest BCUT2D eigenvalue weighted by atomic mass is 19.1. The third kappa shape index (κ3) is 7.77. The van der Waals surface area contributed by atoms with Crippen molar-refractivity contribution in [2.75, 3.05) is 25.1 Å². The maximum atomic E-state index is 14.7. The van der Waals surface area contributed by atoms with Crippen molar-refractivity contribution in [2.24, 2.45) is 0 Å². The van der Waals surface area contributed by atoms with Gasteiger partial charge in [0.05, 0.1) is 32.2 Å². The van der Waals surface area contributed by atoms with Crippen molar-refractivity contribution in [1.29, 1.82) is 0 Å². The summed E-state index contributed by atoms with van der Waals surface area (Å²) in [7, 11) is 0. The topological polar surface area (TPSA) is 126 Å². The fourth-order valence-corrected chi connectivity index (χ4v) is 5.10. The Kier molecular flexibility index (Phi) is 9.88. The van der Waals surface area contributed by atoms with Crippen molar-refractivity contribution in [1.82, 2.24) is 30.6 Å². The summed E-state index contributed by atoms with van der Waals surface area (Å²) in [4.78, 5) is 28.0. The molecule has 5 rings (SSSR count). The van der Waals surface area contributed by atoms with Gasteiger partial charge >= 0.3 is 6.03 Å². The van der Waals surface area contributed by atoms with Crippen LogP contribution in [0.15, 0.2) is 48.9 Å². The van der Waals surface area contributed by atoms with Crippen molar-refractivity contribution in [2.45, 2.75) is 57.9 Å². The molecule has 0 spiro atoms. The predicted molar refractivity (Wildman–Crippen MR) is 155 cm³/mol. The number of anilines is 1. The number of nitrogens with zero attached hydrogens (tertiary/aromatic N) is 3. The van der Waals surface area contributed by atoms with Gasteiger partial charge in [-0.25, -0.2) is 28.5 Å². The van der Waals surface area contributed by atoms with Crippen LogP contribution in [-0.2, 0) is 22.7 Å². The number of urea groups is 1. The third-order valence-corrected chi connectivity index (χ3v) is 7.10. The van der Waals surface area contributed by atoms with Gasteiger partial charge < -0.3 is 30.4 Å². The molecule has 0 unspecified atom stereocenters. The monoisotopic (exact) mass is 579 g/mol. The van der Waals surface area contributed by atoms with Gasteiger partial charge in [-0.15, -0.1) is 0 Å². The van der Waals surface area contributed by atoms with Crippen LogP contribution in [0.3, 0.4) is 0 Å². The molecule has 1 aliphatic carbocycles. The number of aromatic amines is 1. The summed E-state index contributed by atoms with van der Waals surface area (Å²) in [6.07, 6.45) is 6.95. The number of H-pyrrole nitrogens is 1. The van der Waals surface area contributed by atoms with E-state index in [1.54, 1.807) is 6.20 Å². The number of amides is 2. The summed E-state index contributed by atoms with van der Waals surface area (Å²) in [5.74, 6) is -0.755. The molecule has 4 aromatic rings. The summed E-state index contributed by atoms with van der Waals surface area (Å²) in [5.41, 5.74) is 3.17. The van der Waals surface area contributed by atoms with E-state index in [1.165, 1.54) is 6.07 Å². The second kappa shape index (κ2) is 14.1. The van der Waals surface area contributed by atoms with Crippen LogP contribution in [0.2, 0.25) is 0 Å². The van der Waals surface area contributed by atoms with E-state index < -0.39 is 11.6 Å². The van der Waals surface area contributed by atoms with E-state index in [4.69, 9.17) is 9.47 Å². The van der Waals surface area contributed by atoms with E-state index in [0.717, 1.165) is 42.8 Å². The van der Waals surface area contributed by atoms with Crippen LogP contribution in [0.1, 0.15) is 43.7 Å². The first-order valence-electron chi connectivity index (χ1n) is 14.2. The van der Waals surface area contributed by atoms with Crippen LogP contribution in [-0.4, -0.2) is 57.8 Å². The van der Waals surface area contributed by atoms with E-state index in [2.05, 4.69) is 42.0 Å². The van der Waals surface area contributed by atoms with Crippen molar-refractivity contribution in [3.63, 3.8) is 0 Å². The second-order valence-electron chi connectivity index (χ2n) is 10.3. The zero-order chi connectivity index (χ0) is 29.3. The number of fused-ring (bicyclic) bond motifs is 1. The first-order chi connectivity index (χ1) is 20.5. The Bertz CT molecular complexity index is 1500. The lowest BCUT2D eigenvalue weighted by Crippen LogP contribution is -2.46. The second-order valence-corrected chi connectivity index (χ2v) is 10.3. The number of nitrogens with one attached hydrogen (secondary N) is 4. The number of hydrogen-bond donors (Lipinski definition) is 4. The number of hydrogen-bond acceptors (Lipinski definition) is 7. The predicted octanol–water partition coefficient (Wildman–Crippen LogP) is 5.07. The minimum absolute atomic E-state index is 0.0642. The molecule has 0 aliphatic heterocycles. The van der Waals surface area contributed by atoms with Gasteiger partial charge in [0, 0.05) is 42.4 Å². The Balaban J connectivity index is 1.08. The Morgan fingerprint density at radius 1 is 1.07 bits per heavy atom. The minimum atomic E-state index is -0.586. The summed E-state index contributed by atoms with van der Waals surface area (Å²) < 4.78 is 39.6. The van der Waals surface area contributed by atoms with Crippen LogP contribution in [0.25, 0.3) is 22.4 Å². The summed E-state index contributed by atoms with van der Waals surface area (Å²) in [6, 6.07) is 8.96. The minimum Gasteiger partial charge on any atom is -0.377 e. The standard InChI is InChI=1S/C30H35F2N7O3/c1-2-41-17-19-5-3-6-20(11-19)18-42-10-9-33-30(40)38-23-8-4-7-22(13-23)37-29-26(32)16-36-28(39-29)25-15-35-27-24(25)12-21(31)14-34-27/h3,5-6,11-12,14-16,22-23H,2,4,7-10,13,17-18H2,1H3,(H,34,35)(H2,33,38,40)(H,36,37,39)/t22-,23+/m0/s1. The van der Waals surface area contributed by atoms with E-state index in [0.29, 0.717) is 56.0 Å². The molecule has 1 fully saturated rings. The molecule has 1 aliphatic rings. The number of carbonyl (C=O) groups excluding carboxylic acids is 1. The zero-order valence-electron chi connectivity index (χ0n) is 23.5. The highest BCUT2D eigenvalue weighted by Crippen LogP contribution is 2.28. The average Bonchev–Trinajstić information content (AvgIpc) is 3.40. The number of ether oxygens (including phenoxy) is 2. The van der Waals surface area contributed by atoms with Crippen LogP contribution in [0, 0.1) is 11.6 Å². The van der Waals surface area contributed by atoms with Gasteiger partial charge in [-0.05, 0) is 49.8 Å². The van der Waals surface area contributed by atoms with E-state index in [1.807, 2.05) is 25.1 Å². The van der Waals surface area contributed by atoms with Crippen molar-refractivity contribution < 1.29 is 23.0 Å². The lowest BCUT2D eigenvalue weighted by atomic mass is 9.91. The molecule has 0 bridgehead atoms. The van der Waals surface area contributed by atoms with Crippen molar-refractivity contribution >= 4 is 22.9 Å². The quantitative estimate of drug-likeness (QED) is 0.173. The van der Waals surface area contributed by atoms with Gasteiger partial charge in [0.15, 0.2) is 17.5 Å². The molecule has 222 valence electrons. The summed E-state index contributed by atoms with van der Waals surface area (Å²) in [6.45, 7) is 4.42. The third-order valence-electron chi connectivity index (χ3n) is 7.10. The molecular formula is C30H35F2N7O3. The van der Waals surface area contributed by atoms with Crippen molar-refractivity contribution in [3.05, 3.63) is 71.7 Å². The molecule has 1 aromatic carbocycles. The Morgan fingerprint density at radius 2 is 1.88 bits per heavy atom. The van der Waals surface area contributed by atoms with E-state index in [9.17, 15) is 13.6 Å². The number of pyridine rings is 1. The largest absolute Gasteiger partial charge is 0.377 e. The molecule has 4 N–H and O–H groups in total. The lowest BCUT2D eigenvalue weighted by Gasteiger charge is -2.30. The fourth-order valence-electron chi connectivity index (χ4n) is 5.10. The van der Waals surface area contributed by atoms with Gasteiger partial charge in [-0.1, -0.05) is 24.3 Å². The molecule has 42 heavy (non-hydrogen) atoms. The molecule has 3 heterocycles. The first-order valence-corrected chi connectivity index (χ1v) is 14.2. The van der Waals surface area contributed by atoms with Gasteiger partial charge in [0.1, 0.15) is 11.5 Å². The highest BCUT2D eigenvalue weighted by molar-refractivity contribution is 5.91. The molecule has 10 nitrogen and oxygen atoms in total. The Labute approximate surface area is 242 Å². The van der Waals surface area contributed by atoms with Crippen LogP contribution in [0.4, 0.5) is 19.4 Å². The molecule has 2 atom stereocenters. The maximum absolute atomic E-state index is 14.7. The zero-order valence-corrected chi connectivity index (χ0v) is 23.5. The lowest BCUT2D eigenvalue weighted by molar-refractivity contribution is 0.122. The summed E-state index contributed by atoms with van der Waals surface area (Å²) in [5, 5.41) is 9.54. The molecule has 2 amide bonds. The number of aromatic nitrogens is 4. The number of benzene rings is 1. The van der Waals surface area contributed by atoms with Crippen LogP contribution >= 0.6 is 0 Å². The van der Waals surface area contributed by atoms with E-state index in [-0.39, 0.29) is 29.8 Å². The smallest absolute Gasteiger partial charge is 0.315 e. The molecule has 3 aromatic heterocycles. The van der Waals surface area contributed by atoms with Crippen LogP contribution in [0.5, 0.6) is 0 Å². The highest BCUT2D eigenvalue weighted by Gasteiger charge is 2.25. The molecular weight excluding hydrogens is 544 g/mol. The fraction of sp³-hybridized carbons (Fsp3) is 0.400. The van der Waals surface area contributed by atoms with Crippen LogP contribution < -0.4 is 16.0 Å². The maximum Gasteiger partial charge on any atom is 0.315 e. The molecule has 1 saturated carbocycles. The van der Waals surface area contributed by atoms with E-state index >= 15 is 0 Å². The summed E-state index contributed by atoms with van der Waals surface area (Å²) >= 11 is 0. The average molecular weight is 580 g/mol. The van der Waals surface area contributed by atoms with Crippen molar-refractivity contribution in [3.8, 4) is 11.4 Å². The van der Waals surface area contributed by atoms with Gasteiger partial charge in [-0.3, -0.25) is 0 Å². The molecule has 12 heteroatoms. The molecule has 0 radical (unpaired) electrons. The first kappa shape index (κ1) is 29.3. The van der Waals surface area contributed by atoms with Gasteiger partial charge in [-0.2, -0.15) is 0 Å². The molecule has 0 saturated heterocycles. The number of rotatable bonds is 12. The van der Waals surface area contributed by atoms with Gasteiger partial charge in [0.2, 0.25) is 0 Å².